The predicted octanol–water partition coefficient (Wildman–Crippen LogP) is 2.08. The summed E-state index contributed by atoms with van der Waals surface area (Å²) in [4.78, 5) is 8.23. The van der Waals surface area contributed by atoms with Gasteiger partial charge in [0.2, 0.25) is 0 Å². The Hall–Kier alpha value is -2.30. The Kier molecular flexibility index (Phi) is 4.55. The van der Waals surface area contributed by atoms with Crippen LogP contribution in [0, 0.1) is 0 Å². The van der Waals surface area contributed by atoms with Gasteiger partial charge in [-0.15, -0.1) is 0 Å². The van der Waals surface area contributed by atoms with Crippen LogP contribution in [0.1, 0.15) is 12.7 Å². The molecule has 0 aliphatic heterocycles. The molecule has 5 heteroatoms. The molecule has 0 saturated carbocycles. The summed E-state index contributed by atoms with van der Waals surface area (Å²) in [7, 11) is 0. The molecule has 0 aliphatic rings. The van der Waals surface area contributed by atoms with Crippen LogP contribution in [0.5, 0.6) is 11.5 Å². The van der Waals surface area contributed by atoms with Crippen molar-refractivity contribution >= 4 is 5.69 Å². The van der Waals surface area contributed by atoms with E-state index >= 15 is 0 Å². The summed E-state index contributed by atoms with van der Waals surface area (Å²) in [5.74, 6) is 2.31. The first-order chi connectivity index (χ1) is 9.28. The molecule has 0 fully saturated rings. The molecule has 0 saturated heterocycles. The summed E-state index contributed by atoms with van der Waals surface area (Å²) in [5, 5.41) is 0. The van der Waals surface area contributed by atoms with Crippen molar-refractivity contribution in [3.05, 3.63) is 42.5 Å². The van der Waals surface area contributed by atoms with Crippen molar-refractivity contribution < 1.29 is 9.47 Å². The molecular formula is C14H17N3O2. The van der Waals surface area contributed by atoms with Crippen molar-refractivity contribution in [1.82, 2.24) is 9.97 Å². The molecule has 0 amide bonds. The standard InChI is InChI=1S/C14H17N3O2/c1-2-18-12-4-3-5-13(8-12)19-7-6-14-16-9-11(15)10-17-14/h3-5,8-10H,2,6-7,15H2,1H3. The fraction of sp³-hybridized carbons (Fsp3) is 0.286. The summed E-state index contributed by atoms with van der Waals surface area (Å²) in [6, 6.07) is 7.57. The van der Waals surface area contributed by atoms with Gasteiger partial charge in [-0.2, -0.15) is 0 Å². The van der Waals surface area contributed by atoms with Crippen molar-refractivity contribution in [3.8, 4) is 11.5 Å². The van der Waals surface area contributed by atoms with Crippen LogP contribution >= 0.6 is 0 Å². The lowest BCUT2D eigenvalue weighted by molar-refractivity contribution is 0.310. The molecule has 1 heterocycles. The fourth-order valence-corrected chi connectivity index (χ4v) is 1.57. The normalized spacial score (nSPS) is 10.2. The number of nitrogens with two attached hydrogens (primary N) is 1. The zero-order valence-electron chi connectivity index (χ0n) is 10.9. The van der Waals surface area contributed by atoms with Crippen LogP contribution in [0.15, 0.2) is 36.7 Å². The molecule has 19 heavy (non-hydrogen) atoms. The molecule has 0 radical (unpaired) electrons. The predicted molar refractivity (Wildman–Crippen MR) is 73.3 cm³/mol. The SMILES string of the molecule is CCOc1cccc(OCCc2ncc(N)cn2)c1. The first kappa shape index (κ1) is 13.1. The second-order valence-corrected chi connectivity index (χ2v) is 3.94. The largest absolute Gasteiger partial charge is 0.494 e. The van der Waals surface area contributed by atoms with E-state index in [0.717, 1.165) is 17.3 Å². The quantitative estimate of drug-likeness (QED) is 0.860. The van der Waals surface area contributed by atoms with Gasteiger partial charge in [0.05, 0.1) is 31.3 Å². The van der Waals surface area contributed by atoms with Crippen LogP contribution in [-0.2, 0) is 6.42 Å². The molecule has 2 N–H and O–H groups in total. The van der Waals surface area contributed by atoms with Crippen molar-refractivity contribution in [2.45, 2.75) is 13.3 Å². The van der Waals surface area contributed by atoms with Gasteiger partial charge in [0, 0.05) is 12.5 Å². The monoisotopic (exact) mass is 259 g/mol. The maximum atomic E-state index is 5.64. The third-order valence-electron chi connectivity index (χ3n) is 2.44. The minimum atomic E-state index is 0.513. The zero-order valence-corrected chi connectivity index (χ0v) is 10.9. The van der Waals surface area contributed by atoms with Gasteiger partial charge in [-0.1, -0.05) is 6.07 Å². The molecule has 100 valence electrons. The smallest absolute Gasteiger partial charge is 0.131 e. The molecule has 0 aliphatic carbocycles. The Morgan fingerprint density at radius 1 is 1.11 bits per heavy atom. The Morgan fingerprint density at radius 3 is 2.47 bits per heavy atom. The summed E-state index contributed by atoms with van der Waals surface area (Å²) >= 11 is 0. The molecule has 1 aromatic heterocycles. The molecule has 0 spiro atoms. The van der Waals surface area contributed by atoms with Crippen molar-refractivity contribution in [2.75, 3.05) is 18.9 Å². The highest BCUT2D eigenvalue weighted by Crippen LogP contribution is 2.19. The maximum absolute atomic E-state index is 5.64. The van der Waals surface area contributed by atoms with Gasteiger partial charge in [-0.05, 0) is 19.1 Å². The molecule has 0 bridgehead atoms. The van der Waals surface area contributed by atoms with Crippen LogP contribution in [0.25, 0.3) is 0 Å². The topological polar surface area (TPSA) is 70.3 Å². The zero-order chi connectivity index (χ0) is 13.5. The van der Waals surface area contributed by atoms with Gasteiger partial charge in [-0.25, -0.2) is 9.97 Å². The fourth-order valence-electron chi connectivity index (χ4n) is 1.57. The second kappa shape index (κ2) is 6.58. The third kappa shape index (κ3) is 4.13. The van der Waals surface area contributed by atoms with E-state index in [-0.39, 0.29) is 0 Å². The van der Waals surface area contributed by atoms with E-state index in [9.17, 15) is 0 Å². The number of hydrogen-bond acceptors (Lipinski definition) is 5. The highest BCUT2D eigenvalue weighted by atomic mass is 16.5. The summed E-state index contributed by atoms with van der Waals surface area (Å²) in [6.45, 7) is 3.11. The lowest BCUT2D eigenvalue weighted by Crippen LogP contribution is -2.05. The molecule has 5 nitrogen and oxygen atoms in total. The number of anilines is 1. The van der Waals surface area contributed by atoms with E-state index in [0.29, 0.717) is 25.3 Å². The molecule has 0 atom stereocenters. The highest BCUT2D eigenvalue weighted by Gasteiger charge is 2.00. The number of aromatic nitrogens is 2. The third-order valence-corrected chi connectivity index (χ3v) is 2.44. The van der Waals surface area contributed by atoms with Crippen molar-refractivity contribution in [2.24, 2.45) is 0 Å². The van der Waals surface area contributed by atoms with E-state index in [1.807, 2.05) is 31.2 Å². The van der Waals surface area contributed by atoms with Crippen LogP contribution < -0.4 is 15.2 Å². The summed E-state index contributed by atoms with van der Waals surface area (Å²) in [6.07, 6.45) is 3.83. The lowest BCUT2D eigenvalue weighted by Gasteiger charge is -2.08. The van der Waals surface area contributed by atoms with Crippen LogP contribution in [0.4, 0.5) is 5.69 Å². The van der Waals surface area contributed by atoms with E-state index in [4.69, 9.17) is 15.2 Å². The molecule has 2 rings (SSSR count). The first-order valence-corrected chi connectivity index (χ1v) is 6.20. The number of nitrogens with zero attached hydrogens (tertiary/aromatic N) is 2. The van der Waals surface area contributed by atoms with Gasteiger partial charge in [0.15, 0.2) is 0 Å². The van der Waals surface area contributed by atoms with E-state index in [1.165, 1.54) is 0 Å². The number of rotatable bonds is 6. The van der Waals surface area contributed by atoms with Gasteiger partial charge >= 0.3 is 0 Å². The van der Waals surface area contributed by atoms with Crippen LogP contribution in [0.2, 0.25) is 0 Å². The first-order valence-electron chi connectivity index (χ1n) is 6.20. The number of benzene rings is 1. The summed E-state index contributed by atoms with van der Waals surface area (Å²) < 4.78 is 11.0. The van der Waals surface area contributed by atoms with Gasteiger partial charge < -0.3 is 15.2 Å². The molecule has 0 unspecified atom stereocenters. The van der Waals surface area contributed by atoms with Crippen molar-refractivity contribution in [1.29, 1.82) is 0 Å². The minimum absolute atomic E-state index is 0.513. The van der Waals surface area contributed by atoms with E-state index < -0.39 is 0 Å². The number of nitrogen functional groups attached to an aromatic ring is 1. The minimum Gasteiger partial charge on any atom is -0.494 e. The van der Waals surface area contributed by atoms with Gasteiger partial charge in [-0.3, -0.25) is 0 Å². The Morgan fingerprint density at radius 2 is 1.79 bits per heavy atom. The van der Waals surface area contributed by atoms with Gasteiger partial charge in [0.1, 0.15) is 17.3 Å². The highest BCUT2D eigenvalue weighted by molar-refractivity contribution is 5.33. The van der Waals surface area contributed by atoms with E-state index in [1.54, 1.807) is 12.4 Å². The summed E-state index contributed by atoms with van der Waals surface area (Å²) in [5.41, 5.74) is 6.09. The number of hydrogen-bond donors (Lipinski definition) is 1. The second-order valence-electron chi connectivity index (χ2n) is 3.94. The Bertz CT molecular complexity index is 514. The Balaban J connectivity index is 1.85. The van der Waals surface area contributed by atoms with Crippen LogP contribution in [-0.4, -0.2) is 23.2 Å². The Labute approximate surface area is 112 Å². The van der Waals surface area contributed by atoms with E-state index in [2.05, 4.69) is 9.97 Å². The lowest BCUT2D eigenvalue weighted by atomic mass is 10.3. The van der Waals surface area contributed by atoms with Crippen molar-refractivity contribution in [3.63, 3.8) is 0 Å². The maximum Gasteiger partial charge on any atom is 0.131 e. The molecule has 1 aromatic carbocycles. The number of ether oxygens (including phenoxy) is 2. The molecular weight excluding hydrogens is 242 g/mol. The average molecular weight is 259 g/mol. The van der Waals surface area contributed by atoms with Crippen LogP contribution in [0.3, 0.4) is 0 Å². The average Bonchev–Trinajstić information content (AvgIpc) is 2.42. The van der Waals surface area contributed by atoms with Gasteiger partial charge in [0.25, 0.3) is 0 Å². The molecule has 2 aromatic rings.